The smallest absolute Gasteiger partial charge is 0.233 e. The van der Waals surface area contributed by atoms with Crippen LogP contribution < -0.4 is 5.43 Å². The van der Waals surface area contributed by atoms with Crippen molar-refractivity contribution in [2.75, 3.05) is 26.3 Å². The third-order valence-electron chi connectivity index (χ3n) is 2.64. The van der Waals surface area contributed by atoms with Crippen molar-refractivity contribution in [1.82, 2.24) is 10.4 Å². The first kappa shape index (κ1) is 16.0. The van der Waals surface area contributed by atoms with E-state index in [1.165, 1.54) is 5.56 Å². The van der Waals surface area contributed by atoms with Gasteiger partial charge >= 0.3 is 0 Å². The minimum atomic E-state index is 0.0758. The predicted molar refractivity (Wildman–Crippen MR) is 80.0 cm³/mol. The van der Waals surface area contributed by atoms with Crippen LogP contribution in [0.5, 0.6) is 0 Å². The summed E-state index contributed by atoms with van der Waals surface area (Å²) in [5.74, 6) is 0.910. The van der Waals surface area contributed by atoms with E-state index in [2.05, 4.69) is 30.2 Å². The van der Waals surface area contributed by atoms with Crippen molar-refractivity contribution in [2.45, 2.75) is 19.1 Å². The number of thiol groups is 1. The number of ether oxygens (including phenoxy) is 1. The van der Waals surface area contributed by atoms with Crippen LogP contribution in [0.3, 0.4) is 0 Å². The highest BCUT2D eigenvalue weighted by atomic mass is 32.1. The molecule has 19 heavy (non-hydrogen) atoms. The van der Waals surface area contributed by atoms with Gasteiger partial charge in [-0.1, -0.05) is 37.3 Å². The highest BCUT2D eigenvalue weighted by molar-refractivity contribution is 7.79. The Morgan fingerprint density at radius 1 is 1.32 bits per heavy atom. The fraction of sp³-hybridized carbons (Fsp3) is 0.500. The Hall–Kier alpha value is -1.04. The second-order valence-corrected chi connectivity index (χ2v) is 4.45. The number of hydrazine groups is 1. The average molecular weight is 282 g/mol. The summed E-state index contributed by atoms with van der Waals surface area (Å²) >= 11 is 4.11. The lowest BCUT2D eigenvalue weighted by atomic mass is 10.2. The van der Waals surface area contributed by atoms with Gasteiger partial charge in [0.25, 0.3) is 0 Å². The molecule has 1 aromatic rings. The summed E-state index contributed by atoms with van der Waals surface area (Å²) < 4.78 is 5.12. The Balaban J connectivity index is 0.000000200. The number of nitrogens with one attached hydrogen (secondary N) is 1. The van der Waals surface area contributed by atoms with Gasteiger partial charge in [-0.3, -0.25) is 10.2 Å². The molecule has 0 aromatic heterocycles. The maximum Gasteiger partial charge on any atom is 0.233 e. The topological polar surface area (TPSA) is 41.6 Å². The summed E-state index contributed by atoms with van der Waals surface area (Å²) in [5, 5.41) is 1.90. The maximum absolute atomic E-state index is 10.9. The molecular formula is C14H22N2O2S. The Bertz CT molecular complexity index is 354. The number of nitrogens with zero attached hydrogens (tertiary/aromatic N) is 1. The molecule has 0 bridgehead atoms. The second-order valence-electron chi connectivity index (χ2n) is 4.13. The second kappa shape index (κ2) is 9.83. The highest BCUT2D eigenvalue weighted by Gasteiger charge is 2.10. The van der Waals surface area contributed by atoms with Crippen molar-refractivity contribution in [3.05, 3.63) is 35.9 Å². The molecule has 1 amide bonds. The highest BCUT2D eigenvalue weighted by Crippen LogP contribution is 2.00. The number of carbonyl (C=O) groups is 1. The van der Waals surface area contributed by atoms with Crippen LogP contribution in [0.2, 0.25) is 0 Å². The zero-order chi connectivity index (χ0) is 13.9. The number of carbonyl (C=O) groups excluding carboxylic acids is 1. The summed E-state index contributed by atoms with van der Waals surface area (Å²) in [5.41, 5.74) is 4.06. The Labute approximate surface area is 120 Å². The van der Waals surface area contributed by atoms with E-state index in [0.717, 1.165) is 18.8 Å². The molecule has 2 rings (SSSR count). The molecule has 0 aliphatic carbocycles. The van der Waals surface area contributed by atoms with Gasteiger partial charge in [-0.05, 0) is 5.56 Å². The fourth-order valence-electron chi connectivity index (χ4n) is 1.51. The van der Waals surface area contributed by atoms with Crippen molar-refractivity contribution < 1.29 is 9.53 Å². The molecule has 4 nitrogen and oxygen atoms in total. The molecule has 1 heterocycles. The van der Waals surface area contributed by atoms with Crippen LogP contribution in [0, 0.1) is 0 Å². The van der Waals surface area contributed by atoms with E-state index in [9.17, 15) is 4.79 Å². The minimum absolute atomic E-state index is 0.0758. The monoisotopic (exact) mass is 282 g/mol. The van der Waals surface area contributed by atoms with E-state index in [1.54, 1.807) is 0 Å². The summed E-state index contributed by atoms with van der Waals surface area (Å²) in [7, 11) is 0. The van der Waals surface area contributed by atoms with Gasteiger partial charge in [-0.2, -0.15) is 12.6 Å². The van der Waals surface area contributed by atoms with Gasteiger partial charge in [0, 0.05) is 25.3 Å². The number of amides is 1. The molecule has 5 heteroatoms. The van der Waals surface area contributed by atoms with Crippen molar-refractivity contribution >= 4 is 18.5 Å². The van der Waals surface area contributed by atoms with Crippen molar-refractivity contribution in [2.24, 2.45) is 0 Å². The first-order chi connectivity index (χ1) is 9.26. The zero-order valence-electron chi connectivity index (χ0n) is 11.3. The Morgan fingerprint density at radius 3 is 2.42 bits per heavy atom. The standard InChI is InChI=1S/C7H14N2O2.C7H8S/c1-2-7(10)8-9-3-5-11-6-4-9;8-6-7-4-2-1-3-5-7/h2-6H2,1H3,(H,8,10);1-5,8H,6H2. The lowest BCUT2D eigenvalue weighted by molar-refractivity contribution is -0.127. The van der Waals surface area contributed by atoms with Gasteiger partial charge in [0.2, 0.25) is 5.91 Å². The lowest BCUT2D eigenvalue weighted by Gasteiger charge is -2.26. The molecule has 1 aliphatic rings. The van der Waals surface area contributed by atoms with Crippen LogP contribution in [-0.2, 0) is 15.3 Å². The van der Waals surface area contributed by atoms with Gasteiger partial charge in [0.15, 0.2) is 0 Å². The van der Waals surface area contributed by atoms with Gasteiger partial charge < -0.3 is 4.74 Å². The molecule has 1 aromatic carbocycles. The normalized spacial score (nSPS) is 15.3. The van der Waals surface area contributed by atoms with Crippen LogP contribution in [0.1, 0.15) is 18.9 Å². The number of benzene rings is 1. The molecule has 0 spiro atoms. The third-order valence-corrected chi connectivity index (χ3v) is 3.01. The summed E-state index contributed by atoms with van der Waals surface area (Å²) in [4.78, 5) is 10.9. The van der Waals surface area contributed by atoms with Crippen molar-refractivity contribution in [1.29, 1.82) is 0 Å². The first-order valence-electron chi connectivity index (χ1n) is 6.53. The number of morpholine rings is 1. The predicted octanol–water partition coefficient (Wildman–Crippen LogP) is 1.88. The molecule has 1 saturated heterocycles. The molecule has 106 valence electrons. The Kier molecular flexibility index (Phi) is 8.29. The third kappa shape index (κ3) is 7.20. The molecular weight excluding hydrogens is 260 g/mol. The molecule has 1 fully saturated rings. The van der Waals surface area contributed by atoms with Crippen LogP contribution in [0.15, 0.2) is 30.3 Å². The molecule has 1 N–H and O–H groups in total. The number of rotatable bonds is 3. The van der Waals surface area contributed by atoms with E-state index in [0.29, 0.717) is 19.6 Å². The fourth-order valence-corrected chi connectivity index (χ4v) is 1.72. The molecule has 0 saturated carbocycles. The van der Waals surface area contributed by atoms with Gasteiger partial charge in [0.1, 0.15) is 0 Å². The minimum Gasteiger partial charge on any atom is -0.379 e. The van der Waals surface area contributed by atoms with E-state index < -0.39 is 0 Å². The average Bonchev–Trinajstić information content (AvgIpc) is 2.49. The number of hydrogen-bond acceptors (Lipinski definition) is 4. The number of hydrogen-bond donors (Lipinski definition) is 2. The summed E-state index contributed by atoms with van der Waals surface area (Å²) in [6, 6.07) is 10.2. The van der Waals surface area contributed by atoms with Crippen LogP contribution in [0.4, 0.5) is 0 Å². The van der Waals surface area contributed by atoms with Gasteiger partial charge in [-0.15, -0.1) is 0 Å². The molecule has 1 aliphatic heterocycles. The maximum atomic E-state index is 10.9. The SMILES string of the molecule is CCC(=O)NN1CCOCC1.SCc1ccccc1. The molecule has 0 unspecified atom stereocenters. The van der Waals surface area contributed by atoms with Gasteiger partial charge in [-0.25, -0.2) is 5.01 Å². The summed E-state index contributed by atoms with van der Waals surface area (Å²) in [6.45, 7) is 4.86. The largest absolute Gasteiger partial charge is 0.379 e. The molecule has 0 atom stereocenters. The Morgan fingerprint density at radius 2 is 1.95 bits per heavy atom. The van der Waals surface area contributed by atoms with Crippen LogP contribution >= 0.6 is 12.6 Å². The molecule has 0 radical (unpaired) electrons. The lowest BCUT2D eigenvalue weighted by Crippen LogP contribution is -2.48. The first-order valence-corrected chi connectivity index (χ1v) is 7.16. The van der Waals surface area contributed by atoms with Crippen LogP contribution in [0.25, 0.3) is 0 Å². The van der Waals surface area contributed by atoms with E-state index in [1.807, 2.05) is 30.1 Å². The van der Waals surface area contributed by atoms with Gasteiger partial charge in [0.05, 0.1) is 13.2 Å². The van der Waals surface area contributed by atoms with Crippen molar-refractivity contribution in [3.63, 3.8) is 0 Å². The van der Waals surface area contributed by atoms with E-state index in [-0.39, 0.29) is 5.91 Å². The summed E-state index contributed by atoms with van der Waals surface area (Å²) in [6.07, 6.45) is 0.539. The van der Waals surface area contributed by atoms with Crippen molar-refractivity contribution in [3.8, 4) is 0 Å². The quantitative estimate of drug-likeness (QED) is 0.832. The zero-order valence-corrected chi connectivity index (χ0v) is 12.2. The van der Waals surface area contributed by atoms with Crippen LogP contribution in [-0.4, -0.2) is 37.2 Å². The van der Waals surface area contributed by atoms with E-state index in [4.69, 9.17) is 4.74 Å². The van der Waals surface area contributed by atoms with E-state index >= 15 is 0 Å².